The molecule has 3 aromatic carbocycles. The van der Waals surface area contributed by atoms with Crippen LogP contribution in [0.25, 0.3) is 0 Å². The molecule has 3 rings (SSSR count). The van der Waals surface area contributed by atoms with Crippen LogP contribution in [0.3, 0.4) is 0 Å². The number of benzene rings is 3. The van der Waals surface area contributed by atoms with E-state index in [1.54, 1.807) is 12.1 Å². The zero-order valence-electron chi connectivity index (χ0n) is 17.0. The Morgan fingerprint density at radius 2 is 1.61 bits per heavy atom. The van der Waals surface area contributed by atoms with E-state index in [2.05, 4.69) is 5.32 Å². The van der Waals surface area contributed by atoms with E-state index >= 15 is 0 Å². The molecule has 0 radical (unpaired) electrons. The van der Waals surface area contributed by atoms with Gasteiger partial charge in [0.15, 0.2) is 0 Å². The lowest BCUT2D eigenvalue weighted by Gasteiger charge is -2.20. The second-order valence-corrected chi connectivity index (χ2v) is 10.2. The highest BCUT2D eigenvalue weighted by Crippen LogP contribution is 2.25. The SMILES string of the molecule is CN(C)S(=O)(=O)c1ccc(Cl)c(C(=O)NC(Cc2ccc(Cl)cc2)c2ccccc2)c1. The lowest BCUT2D eigenvalue weighted by molar-refractivity contribution is 0.0936. The molecule has 162 valence electrons. The van der Waals surface area contributed by atoms with Crippen molar-refractivity contribution in [3.63, 3.8) is 0 Å². The van der Waals surface area contributed by atoms with E-state index in [0.717, 1.165) is 15.4 Å². The first kappa shape index (κ1) is 23.3. The Kier molecular flexibility index (Phi) is 7.38. The summed E-state index contributed by atoms with van der Waals surface area (Å²) < 4.78 is 26.0. The average molecular weight is 477 g/mol. The van der Waals surface area contributed by atoms with Crippen LogP contribution in [-0.4, -0.2) is 32.7 Å². The summed E-state index contributed by atoms with van der Waals surface area (Å²) in [6.45, 7) is 0. The highest BCUT2D eigenvalue weighted by atomic mass is 35.5. The van der Waals surface area contributed by atoms with Crippen molar-refractivity contribution >= 4 is 39.1 Å². The van der Waals surface area contributed by atoms with Gasteiger partial charge in [0, 0.05) is 19.1 Å². The minimum Gasteiger partial charge on any atom is -0.345 e. The number of carbonyl (C=O) groups excluding carboxylic acids is 1. The summed E-state index contributed by atoms with van der Waals surface area (Å²) in [7, 11) is -0.837. The fourth-order valence-electron chi connectivity index (χ4n) is 3.08. The molecule has 5 nitrogen and oxygen atoms in total. The van der Waals surface area contributed by atoms with Gasteiger partial charge in [0.05, 0.1) is 21.5 Å². The summed E-state index contributed by atoms with van der Waals surface area (Å²) in [6.07, 6.45) is 0.528. The molecule has 0 saturated carbocycles. The van der Waals surface area contributed by atoms with Gasteiger partial charge in [0.2, 0.25) is 10.0 Å². The Labute approximate surface area is 192 Å². The average Bonchev–Trinajstić information content (AvgIpc) is 2.75. The van der Waals surface area contributed by atoms with Crippen molar-refractivity contribution in [2.24, 2.45) is 0 Å². The molecule has 1 unspecified atom stereocenters. The van der Waals surface area contributed by atoms with E-state index in [0.29, 0.717) is 11.4 Å². The summed E-state index contributed by atoms with van der Waals surface area (Å²) in [5, 5.41) is 3.81. The van der Waals surface area contributed by atoms with Gasteiger partial charge in [0.1, 0.15) is 0 Å². The second kappa shape index (κ2) is 9.83. The number of nitrogens with zero attached hydrogens (tertiary/aromatic N) is 1. The monoisotopic (exact) mass is 476 g/mol. The first-order valence-corrected chi connectivity index (χ1v) is 11.7. The molecule has 31 heavy (non-hydrogen) atoms. The van der Waals surface area contributed by atoms with E-state index in [1.807, 2.05) is 42.5 Å². The van der Waals surface area contributed by atoms with Gasteiger partial charge >= 0.3 is 0 Å². The molecule has 0 aliphatic carbocycles. The van der Waals surface area contributed by atoms with E-state index in [-0.39, 0.29) is 21.5 Å². The molecule has 0 bridgehead atoms. The number of carbonyl (C=O) groups is 1. The lowest BCUT2D eigenvalue weighted by atomic mass is 9.98. The molecule has 0 aliphatic heterocycles. The summed E-state index contributed by atoms with van der Waals surface area (Å²) in [6, 6.07) is 20.7. The van der Waals surface area contributed by atoms with Crippen LogP contribution in [0.5, 0.6) is 0 Å². The maximum Gasteiger partial charge on any atom is 0.253 e. The number of nitrogens with one attached hydrogen (secondary N) is 1. The summed E-state index contributed by atoms with van der Waals surface area (Å²) >= 11 is 12.2. The number of halogens is 2. The summed E-state index contributed by atoms with van der Waals surface area (Å²) in [5.74, 6) is -0.455. The zero-order valence-corrected chi connectivity index (χ0v) is 19.4. The molecule has 1 amide bonds. The Hall–Kier alpha value is -2.38. The molecule has 1 atom stereocenters. The molecular formula is C23H22Cl2N2O3S. The molecular weight excluding hydrogens is 455 g/mol. The van der Waals surface area contributed by atoms with Crippen LogP contribution in [0.1, 0.15) is 27.5 Å². The predicted octanol–water partition coefficient (Wildman–Crippen LogP) is 4.96. The molecule has 0 heterocycles. The van der Waals surface area contributed by atoms with E-state index in [1.165, 1.54) is 32.3 Å². The quantitative estimate of drug-likeness (QED) is 0.523. The van der Waals surface area contributed by atoms with Crippen molar-refractivity contribution in [3.05, 3.63) is 99.5 Å². The molecule has 0 fully saturated rings. The lowest BCUT2D eigenvalue weighted by Crippen LogP contribution is -2.30. The van der Waals surface area contributed by atoms with Gasteiger partial charge in [-0.2, -0.15) is 0 Å². The Bertz CT molecular complexity index is 1170. The topological polar surface area (TPSA) is 66.5 Å². The second-order valence-electron chi connectivity index (χ2n) is 7.20. The molecule has 0 spiro atoms. The number of hydrogen-bond donors (Lipinski definition) is 1. The van der Waals surface area contributed by atoms with E-state index in [4.69, 9.17) is 23.2 Å². The zero-order chi connectivity index (χ0) is 22.6. The molecule has 8 heteroatoms. The summed E-state index contributed by atoms with van der Waals surface area (Å²) in [5.41, 5.74) is 2.01. The molecule has 0 saturated heterocycles. The van der Waals surface area contributed by atoms with Crippen molar-refractivity contribution < 1.29 is 13.2 Å². The third-order valence-corrected chi connectivity index (χ3v) is 7.21. The van der Waals surface area contributed by atoms with Crippen LogP contribution < -0.4 is 5.32 Å². The first-order valence-electron chi connectivity index (χ1n) is 9.51. The number of sulfonamides is 1. The predicted molar refractivity (Wildman–Crippen MR) is 124 cm³/mol. The van der Waals surface area contributed by atoms with Crippen molar-refractivity contribution in [2.45, 2.75) is 17.4 Å². The highest BCUT2D eigenvalue weighted by Gasteiger charge is 2.23. The third-order valence-electron chi connectivity index (χ3n) is 4.82. The van der Waals surface area contributed by atoms with E-state index in [9.17, 15) is 13.2 Å². The molecule has 0 aromatic heterocycles. The van der Waals surface area contributed by atoms with Gasteiger partial charge < -0.3 is 5.32 Å². The highest BCUT2D eigenvalue weighted by molar-refractivity contribution is 7.89. The van der Waals surface area contributed by atoms with Crippen molar-refractivity contribution in [1.29, 1.82) is 0 Å². The Morgan fingerprint density at radius 1 is 0.968 bits per heavy atom. The van der Waals surface area contributed by atoms with Crippen LogP contribution in [0.4, 0.5) is 0 Å². The van der Waals surface area contributed by atoms with Gasteiger partial charge in [0.25, 0.3) is 5.91 Å². The summed E-state index contributed by atoms with van der Waals surface area (Å²) in [4.78, 5) is 13.1. The van der Waals surface area contributed by atoms with Crippen LogP contribution in [0.2, 0.25) is 10.0 Å². The van der Waals surface area contributed by atoms with Crippen molar-refractivity contribution in [2.75, 3.05) is 14.1 Å². The minimum atomic E-state index is -3.70. The fraction of sp³-hybridized carbons (Fsp3) is 0.174. The number of rotatable bonds is 7. The number of amides is 1. The maximum atomic E-state index is 13.1. The minimum absolute atomic E-state index is 0.000937. The maximum absolute atomic E-state index is 13.1. The Morgan fingerprint density at radius 3 is 2.23 bits per heavy atom. The first-order chi connectivity index (χ1) is 14.7. The van der Waals surface area contributed by atoms with E-state index < -0.39 is 15.9 Å². The van der Waals surface area contributed by atoms with Crippen LogP contribution >= 0.6 is 23.2 Å². The molecule has 1 N–H and O–H groups in total. The smallest absolute Gasteiger partial charge is 0.253 e. The van der Waals surface area contributed by atoms with Crippen molar-refractivity contribution in [3.8, 4) is 0 Å². The molecule has 0 aliphatic rings. The third kappa shape index (κ3) is 5.66. The van der Waals surface area contributed by atoms with Gasteiger partial charge in [-0.15, -0.1) is 0 Å². The fourth-order valence-corrected chi connectivity index (χ4v) is 4.34. The van der Waals surface area contributed by atoms with Gasteiger partial charge in [-0.3, -0.25) is 4.79 Å². The van der Waals surface area contributed by atoms with Crippen LogP contribution in [-0.2, 0) is 16.4 Å². The van der Waals surface area contributed by atoms with Crippen molar-refractivity contribution in [1.82, 2.24) is 9.62 Å². The van der Waals surface area contributed by atoms with Gasteiger partial charge in [-0.1, -0.05) is 65.7 Å². The normalized spacial score (nSPS) is 12.5. The number of hydrogen-bond acceptors (Lipinski definition) is 3. The standard InChI is InChI=1S/C23H22Cl2N2O3S/c1-27(2)31(29,30)19-12-13-21(25)20(15-19)23(28)26-22(17-6-4-3-5-7-17)14-16-8-10-18(24)11-9-16/h3-13,15,22H,14H2,1-2H3,(H,26,28). The van der Waals surface area contributed by atoms with Crippen LogP contribution in [0.15, 0.2) is 77.7 Å². The van der Waals surface area contributed by atoms with Gasteiger partial charge in [-0.05, 0) is 47.9 Å². The van der Waals surface area contributed by atoms with Gasteiger partial charge in [-0.25, -0.2) is 12.7 Å². The largest absolute Gasteiger partial charge is 0.345 e. The molecule has 3 aromatic rings. The van der Waals surface area contributed by atoms with Crippen LogP contribution in [0, 0.1) is 0 Å². The Balaban J connectivity index is 1.92.